The average molecular weight is 551 g/mol. The van der Waals surface area contributed by atoms with E-state index >= 15 is 0 Å². The van der Waals surface area contributed by atoms with E-state index in [1.807, 2.05) is 0 Å². The summed E-state index contributed by atoms with van der Waals surface area (Å²) in [6, 6.07) is 9.54. The normalized spacial score (nSPS) is 22.8. The van der Waals surface area contributed by atoms with Crippen molar-refractivity contribution in [2.45, 2.75) is 63.8 Å². The van der Waals surface area contributed by atoms with Gasteiger partial charge in [-0.1, -0.05) is 0 Å². The highest BCUT2D eigenvalue weighted by Gasteiger charge is 2.31. The summed E-state index contributed by atoms with van der Waals surface area (Å²) >= 11 is 0. The smallest absolute Gasteiger partial charge is 0.302 e. The molecule has 8 nitrogen and oxygen atoms in total. The Morgan fingerprint density at radius 1 is 0.750 bits per heavy atom. The highest BCUT2D eigenvalue weighted by Crippen LogP contribution is 2.38. The van der Waals surface area contributed by atoms with Crippen molar-refractivity contribution >= 4 is 33.7 Å². The number of fused-ring (bicyclic) bond motifs is 2. The van der Waals surface area contributed by atoms with Gasteiger partial charge in [-0.15, -0.1) is 0 Å². The molecule has 210 valence electrons. The molecule has 2 aromatic heterocycles. The molecule has 0 saturated carbocycles. The minimum Gasteiger partial charge on any atom is -0.461 e. The first kappa shape index (κ1) is 26.5. The number of nitrogens with one attached hydrogen (secondary N) is 4. The van der Waals surface area contributed by atoms with Crippen LogP contribution in [0.4, 0.5) is 8.78 Å². The van der Waals surface area contributed by atoms with Gasteiger partial charge in [0.2, 0.25) is 0 Å². The fourth-order valence-electron chi connectivity index (χ4n) is 6.32. The van der Waals surface area contributed by atoms with Gasteiger partial charge in [0.1, 0.15) is 23.8 Å². The third-order valence-corrected chi connectivity index (χ3v) is 7.92. The Morgan fingerprint density at radius 3 is 1.57 bits per heavy atom. The van der Waals surface area contributed by atoms with E-state index in [4.69, 9.17) is 9.47 Å². The first-order valence-corrected chi connectivity index (χ1v) is 13.6. The Kier molecular flexibility index (Phi) is 7.06. The van der Waals surface area contributed by atoms with Gasteiger partial charge in [0.05, 0.1) is 11.4 Å². The van der Waals surface area contributed by atoms with Gasteiger partial charge >= 0.3 is 11.9 Å². The number of aromatic nitrogens is 2. The van der Waals surface area contributed by atoms with Crippen LogP contribution in [0.1, 0.15) is 37.8 Å². The molecule has 4 heterocycles. The van der Waals surface area contributed by atoms with Crippen LogP contribution >= 0.6 is 0 Å². The molecule has 1 unspecified atom stereocenters. The molecule has 6 rings (SSSR count). The van der Waals surface area contributed by atoms with Gasteiger partial charge in [-0.2, -0.15) is 0 Å². The molecule has 10 heteroatoms. The third-order valence-electron chi connectivity index (χ3n) is 7.92. The van der Waals surface area contributed by atoms with Gasteiger partial charge in [-0.3, -0.25) is 9.59 Å². The zero-order chi connectivity index (χ0) is 28.0. The lowest BCUT2D eigenvalue weighted by Crippen LogP contribution is -2.24. The Bertz CT molecular complexity index is 1480. The van der Waals surface area contributed by atoms with Crippen molar-refractivity contribution in [2.24, 2.45) is 0 Å². The van der Waals surface area contributed by atoms with Gasteiger partial charge in [0.25, 0.3) is 0 Å². The number of aromatic amines is 2. The Morgan fingerprint density at radius 2 is 1.18 bits per heavy atom. The number of halogens is 2. The van der Waals surface area contributed by atoms with Crippen molar-refractivity contribution in [2.75, 3.05) is 13.1 Å². The number of esters is 2. The predicted octanol–water partition coefficient (Wildman–Crippen LogP) is 4.27. The van der Waals surface area contributed by atoms with E-state index in [0.717, 1.165) is 33.3 Å². The molecule has 0 spiro atoms. The Balaban J connectivity index is 1.40. The predicted molar refractivity (Wildman–Crippen MR) is 147 cm³/mol. The highest BCUT2D eigenvalue weighted by atomic mass is 19.1. The molecule has 2 saturated heterocycles. The van der Waals surface area contributed by atoms with E-state index in [1.165, 1.54) is 38.1 Å². The molecule has 2 aliphatic heterocycles. The van der Waals surface area contributed by atoms with E-state index < -0.39 is 0 Å². The van der Waals surface area contributed by atoms with Gasteiger partial charge in [-0.05, 0) is 60.4 Å². The fourth-order valence-corrected chi connectivity index (χ4v) is 6.32. The molecule has 4 N–H and O–H groups in total. The van der Waals surface area contributed by atoms with Crippen LogP contribution in [0.5, 0.6) is 0 Å². The van der Waals surface area contributed by atoms with E-state index in [1.54, 1.807) is 12.1 Å². The second-order valence-electron chi connectivity index (χ2n) is 10.9. The molecule has 40 heavy (non-hydrogen) atoms. The van der Waals surface area contributed by atoms with Crippen LogP contribution in [0.15, 0.2) is 36.4 Å². The van der Waals surface area contributed by atoms with Crippen LogP contribution in [-0.2, 0) is 31.9 Å². The van der Waals surface area contributed by atoms with E-state index in [9.17, 15) is 18.4 Å². The summed E-state index contributed by atoms with van der Waals surface area (Å²) in [7, 11) is 0. The second kappa shape index (κ2) is 10.7. The molecule has 0 amide bonds. The Hall–Kier alpha value is -3.76. The van der Waals surface area contributed by atoms with Gasteiger partial charge in [-0.25, -0.2) is 8.78 Å². The fraction of sp³-hybridized carbons (Fsp3) is 0.400. The zero-order valence-corrected chi connectivity index (χ0v) is 22.4. The van der Waals surface area contributed by atoms with Crippen molar-refractivity contribution in [1.82, 2.24) is 20.6 Å². The molecule has 0 bridgehead atoms. The van der Waals surface area contributed by atoms with E-state index in [2.05, 4.69) is 20.6 Å². The topological polar surface area (TPSA) is 108 Å². The molecule has 2 aromatic carbocycles. The zero-order valence-electron chi connectivity index (χ0n) is 22.4. The largest absolute Gasteiger partial charge is 0.461 e. The number of rotatable bonds is 7. The van der Waals surface area contributed by atoms with Crippen molar-refractivity contribution in [3.05, 3.63) is 59.2 Å². The van der Waals surface area contributed by atoms with Gasteiger partial charge in [0.15, 0.2) is 0 Å². The maximum absolute atomic E-state index is 14.3. The second-order valence-corrected chi connectivity index (χ2v) is 10.9. The Labute approximate surface area is 229 Å². The number of benzene rings is 2. The van der Waals surface area contributed by atoms with Gasteiger partial charge < -0.3 is 30.1 Å². The SMILES string of the molecule is CC(=O)O[C@@H]1CNC(Cc2c(-c3[nH]c4cc(F)ccc4c3C[C@@H]3C[C@H](OC(C)=O)CN3)[nH]c3cc(F)ccc23)C1. The van der Waals surface area contributed by atoms with Crippen LogP contribution < -0.4 is 10.6 Å². The lowest BCUT2D eigenvalue weighted by atomic mass is 9.95. The van der Waals surface area contributed by atoms with Crippen molar-refractivity contribution in [1.29, 1.82) is 0 Å². The summed E-state index contributed by atoms with van der Waals surface area (Å²) < 4.78 is 39.4. The van der Waals surface area contributed by atoms with Crippen LogP contribution in [0, 0.1) is 11.6 Å². The van der Waals surface area contributed by atoms with Crippen LogP contribution in [-0.4, -0.2) is 59.3 Å². The molecular formula is C30H32F2N4O4. The monoisotopic (exact) mass is 550 g/mol. The number of H-pyrrole nitrogens is 2. The summed E-state index contributed by atoms with van der Waals surface area (Å²) in [5.41, 5.74) is 4.98. The first-order valence-electron chi connectivity index (χ1n) is 13.6. The summed E-state index contributed by atoms with van der Waals surface area (Å²) in [5, 5.41) is 8.72. The summed E-state index contributed by atoms with van der Waals surface area (Å²) in [4.78, 5) is 29.9. The van der Waals surface area contributed by atoms with Gasteiger partial charge in [0, 0.05) is 73.7 Å². The van der Waals surface area contributed by atoms with Crippen LogP contribution in [0.25, 0.3) is 33.2 Å². The van der Waals surface area contributed by atoms with Crippen molar-refractivity contribution < 1.29 is 27.8 Å². The highest BCUT2D eigenvalue weighted by molar-refractivity contribution is 5.96. The van der Waals surface area contributed by atoms with Crippen LogP contribution in [0.3, 0.4) is 0 Å². The van der Waals surface area contributed by atoms with E-state index in [0.29, 0.717) is 49.8 Å². The summed E-state index contributed by atoms with van der Waals surface area (Å²) in [5.74, 6) is -1.29. The number of carbonyl (C=O) groups is 2. The number of hydrogen-bond donors (Lipinski definition) is 4. The maximum atomic E-state index is 14.3. The molecule has 0 aliphatic carbocycles. The maximum Gasteiger partial charge on any atom is 0.302 e. The number of hydrogen-bond acceptors (Lipinski definition) is 6. The molecule has 4 atom stereocenters. The lowest BCUT2D eigenvalue weighted by Gasteiger charge is -2.15. The first-order chi connectivity index (χ1) is 19.2. The van der Waals surface area contributed by atoms with Crippen molar-refractivity contribution in [3.63, 3.8) is 0 Å². The number of ether oxygens (including phenoxy) is 2. The summed E-state index contributed by atoms with van der Waals surface area (Å²) in [6.07, 6.45) is 2.19. The van der Waals surface area contributed by atoms with Crippen molar-refractivity contribution in [3.8, 4) is 11.4 Å². The average Bonchev–Trinajstić information content (AvgIpc) is 3.66. The molecule has 2 fully saturated rings. The molecular weight excluding hydrogens is 518 g/mol. The standard InChI is InChI=1S/C30H32F2N4O4/c1-15(37)39-21-9-19(33-13-21)11-25-23-5-3-17(31)7-27(23)35-29(25)30-26(24-6-4-18(32)8-28(24)36-30)12-20-10-22(14-34-20)40-16(2)38/h3-8,19-22,33-36H,9-14H2,1-2H3/t19-,20?,21-,22-/m0/s1. The van der Waals surface area contributed by atoms with Crippen LogP contribution in [0.2, 0.25) is 0 Å². The quantitative estimate of drug-likeness (QED) is 0.256. The number of carbonyl (C=O) groups excluding carboxylic acids is 2. The molecule has 2 aliphatic rings. The summed E-state index contributed by atoms with van der Waals surface area (Å²) in [6.45, 7) is 3.97. The molecule has 4 aromatic rings. The van der Waals surface area contributed by atoms with E-state index in [-0.39, 0.29) is 47.9 Å². The minimum atomic E-state index is -0.341. The minimum absolute atomic E-state index is 0.0541. The lowest BCUT2D eigenvalue weighted by molar-refractivity contribution is -0.146. The third kappa shape index (κ3) is 5.33. The molecule has 0 radical (unpaired) electrons.